The second-order valence-corrected chi connectivity index (χ2v) is 8.30. The van der Waals surface area contributed by atoms with Crippen LogP contribution in [0.25, 0.3) is 0 Å². The van der Waals surface area contributed by atoms with E-state index in [4.69, 9.17) is 11.5 Å². The Kier molecular flexibility index (Phi) is 4.87. The maximum absolute atomic E-state index is 13.3. The number of piperidine rings is 1. The Hall–Kier alpha value is -3.56. The molecule has 2 fully saturated rings. The van der Waals surface area contributed by atoms with Gasteiger partial charge in [-0.25, -0.2) is 0 Å². The first-order valence-electron chi connectivity index (χ1n) is 10.1. The highest BCUT2D eigenvalue weighted by molar-refractivity contribution is 6.24. The van der Waals surface area contributed by atoms with Crippen LogP contribution in [-0.4, -0.2) is 46.4 Å². The van der Waals surface area contributed by atoms with Gasteiger partial charge in [-0.2, -0.15) is 0 Å². The zero-order valence-electron chi connectivity index (χ0n) is 16.7. The third-order valence-corrected chi connectivity index (χ3v) is 6.70. The molecule has 3 aliphatic rings. The van der Waals surface area contributed by atoms with E-state index >= 15 is 0 Å². The number of carbonyl (C=O) groups excluding carboxylic acids is 6. The van der Waals surface area contributed by atoms with E-state index in [2.05, 4.69) is 5.32 Å². The largest absolute Gasteiger partial charge is 0.369 e. The van der Waals surface area contributed by atoms with E-state index in [0.717, 1.165) is 4.90 Å². The minimum atomic E-state index is -1.23. The fraction of sp³-hybridized carbons (Fsp3) is 0.429. The number of amides is 6. The smallest absolute Gasteiger partial charge is 0.262 e. The number of hydrogen-bond acceptors (Lipinski definition) is 6. The summed E-state index contributed by atoms with van der Waals surface area (Å²) >= 11 is 0. The lowest BCUT2D eigenvalue weighted by Gasteiger charge is -2.38. The van der Waals surface area contributed by atoms with E-state index in [1.165, 1.54) is 6.07 Å². The summed E-state index contributed by atoms with van der Waals surface area (Å²) in [6.45, 7) is 0. The summed E-state index contributed by atoms with van der Waals surface area (Å²) in [5, 5.41) is 2.15. The van der Waals surface area contributed by atoms with E-state index < -0.39 is 46.9 Å². The van der Waals surface area contributed by atoms with Crippen LogP contribution < -0.4 is 16.8 Å². The van der Waals surface area contributed by atoms with Gasteiger partial charge in [0, 0.05) is 12.3 Å². The number of nitrogens with zero attached hydrogens (tertiary/aromatic N) is 1. The molecule has 2 aliphatic heterocycles. The summed E-state index contributed by atoms with van der Waals surface area (Å²) in [5.41, 5.74) is 10.4. The van der Waals surface area contributed by atoms with Crippen molar-refractivity contribution >= 4 is 35.4 Å². The van der Waals surface area contributed by atoms with Crippen molar-refractivity contribution in [2.24, 2.45) is 17.4 Å². The average molecular weight is 426 g/mol. The van der Waals surface area contributed by atoms with E-state index in [1.54, 1.807) is 12.1 Å². The molecule has 0 radical (unpaired) electrons. The number of hydrogen-bond donors (Lipinski definition) is 3. The van der Waals surface area contributed by atoms with Crippen molar-refractivity contribution in [2.75, 3.05) is 0 Å². The van der Waals surface area contributed by atoms with Crippen molar-refractivity contribution in [3.8, 4) is 0 Å². The van der Waals surface area contributed by atoms with Gasteiger partial charge in [-0.3, -0.25) is 39.0 Å². The fourth-order valence-electron chi connectivity index (χ4n) is 4.96. The number of benzene rings is 1. The lowest BCUT2D eigenvalue weighted by Crippen LogP contribution is -2.54. The van der Waals surface area contributed by atoms with Crippen molar-refractivity contribution in [1.82, 2.24) is 10.2 Å². The van der Waals surface area contributed by atoms with Crippen LogP contribution in [-0.2, 0) is 24.6 Å². The number of rotatable bonds is 4. The van der Waals surface area contributed by atoms with Crippen LogP contribution in [0, 0.1) is 5.92 Å². The molecule has 31 heavy (non-hydrogen) atoms. The molecule has 1 aliphatic carbocycles. The Morgan fingerprint density at radius 2 is 1.68 bits per heavy atom. The monoisotopic (exact) mass is 426 g/mol. The number of carbonyl (C=O) groups is 6. The highest BCUT2D eigenvalue weighted by Gasteiger charge is 2.50. The molecule has 162 valence electrons. The van der Waals surface area contributed by atoms with Crippen molar-refractivity contribution in [3.63, 3.8) is 0 Å². The quantitative estimate of drug-likeness (QED) is 0.547. The van der Waals surface area contributed by atoms with E-state index in [1.807, 2.05) is 0 Å². The normalized spacial score (nSPS) is 28.3. The zero-order chi connectivity index (χ0) is 22.5. The molecule has 1 saturated heterocycles. The van der Waals surface area contributed by atoms with Gasteiger partial charge in [-0.1, -0.05) is 12.1 Å². The van der Waals surface area contributed by atoms with Crippen LogP contribution in [0.3, 0.4) is 0 Å². The molecule has 10 heteroatoms. The Bertz CT molecular complexity index is 1040. The Morgan fingerprint density at radius 1 is 1.00 bits per heavy atom. The van der Waals surface area contributed by atoms with Gasteiger partial charge in [0.25, 0.3) is 11.8 Å². The van der Waals surface area contributed by atoms with Crippen LogP contribution in [0.5, 0.6) is 0 Å². The van der Waals surface area contributed by atoms with Crippen LogP contribution in [0.4, 0.5) is 0 Å². The first kappa shape index (κ1) is 20.7. The van der Waals surface area contributed by atoms with Crippen LogP contribution in [0.15, 0.2) is 18.2 Å². The molecule has 5 N–H and O–H groups in total. The van der Waals surface area contributed by atoms with Gasteiger partial charge in [0.15, 0.2) is 0 Å². The molecule has 10 nitrogen and oxygen atoms in total. The van der Waals surface area contributed by atoms with Crippen LogP contribution in [0.2, 0.25) is 0 Å². The first-order chi connectivity index (χ1) is 14.7. The Labute approximate surface area is 177 Å². The summed E-state index contributed by atoms with van der Waals surface area (Å²) in [7, 11) is 0. The lowest BCUT2D eigenvalue weighted by atomic mass is 9.64. The molecule has 1 atom stereocenters. The molecule has 0 bridgehead atoms. The van der Waals surface area contributed by atoms with E-state index in [-0.39, 0.29) is 42.7 Å². The number of fused-ring (bicyclic) bond motifs is 1. The molecular weight excluding hydrogens is 404 g/mol. The van der Waals surface area contributed by atoms with Gasteiger partial charge in [-0.15, -0.1) is 0 Å². The van der Waals surface area contributed by atoms with Gasteiger partial charge in [0.05, 0.1) is 16.5 Å². The van der Waals surface area contributed by atoms with E-state index in [0.29, 0.717) is 18.4 Å². The maximum atomic E-state index is 13.3. The molecule has 2 heterocycles. The van der Waals surface area contributed by atoms with Crippen LogP contribution in [0.1, 0.15) is 64.8 Å². The summed E-state index contributed by atoms with van der Waals surface area (Å²) in [6.07, 6.45) is 1.14. The standard InChI is InChI=1S/C21H22N4O6/c22-16(27)10-6-8-21(9-7-10,20(23)31)12-3-1-2-11-15(12)19(30)25(18(11)29)13-4-5-14(26)24-17(13)28/h1-3,10,13H,4-9H2,(H2,22,27)(H2,23,31)(H,24,26,28). The summed E-state index contributed by atoms with van der Waals surface area (Å²) < 4.78 is 0. The topological polar surface area (TPSA) is 170 Å². The number of primary amides is 2. The highest BCUT2D eigenvalue weighted by Crippen LogP contribution is 2.45. The molecule has 1 unspecified atom stereocenters. The minimum Gasteiger partial charge on any atom is -0.369 e. The molecule has 1 aromatic carbocycles. The highest BCUT2D eigenvalue weighted by atomic mass is 16.2. The number of imide groups is 2. The van der Waals surface area contributed by atoms with Crippen molar-refractivity contribution < 1.29 is 28.8 Å². The van der Waals surface area contributed by atoms with Crippen molar-refractivity contribution in [1.29, 1.82) is 0 Å². The van der Waals surface area contributed by atoms with Gasteiger partial charge in [0.2, 0.25) is 23.6 Å². The second-order valence-electron chi connectivity index (χ2n) is 8.30. The summed E-state index contributed by atoms with van der Waals surface area (Å²) in [6, 6.07) is 3.52. The first-order valence-corrected chi connectivity index (χ1v) is 10.1. The maximum Gasteiger partial charge on any atom is 0.262 e. The van der Waals surface area contributed by atoms with Gasteiger partial charge >= 0.3 is 0 Å². The minimum absolute atomic E-state index is 0.0103. The van der Waals surface area contributed by atoms with Crippen molar-refractivity contribution in [2.45, 2.75) is 50.0 Å². The Balaban J connectivity index is 1.75. The number of nitrogens with two attached hydrogens (primary N) is 2. The summed E-state index contributed by atoms with van der Waals surface area (Å²) in [4.78, 5) is 75.2. The molecular formula is C21H22N4O6. The van der Waals surface area contributed by atoms with Gasteiger partial charge in [-0.05, 0) is 43.7 Å². The third kappa shape index (κ3) is 3.09. The lowest BCUT2D eigenvalue weighted by molar-refractivity contribution is -0.136. The van der Waals surface area contributed by atoms with Crippen molar-refractivity contribution in [3.05, 3.63) is 34.9 Å². The third-order valence-electron chi connectivity index (χ3n) is 6.70. The molecule has 4 rings (SSSR count). The molecule has 1 saturated carbocycles. The summed E-state index contributed by atoms with van der Waals surface area (Å²) in [5.74, 6) is -4.00. The fourth-order valence-corrected chi connectivity index (χ4v) is 4.96. The predicted octanol–water partition coefficient (Wildman–Crippen LogP) is -0.514. The average Bonchev–Trinajstić information content (AvgIpc) is 2.98. The van der Waals surface area contributed by atoms with Gasteiger partial charge in [0.1, 0.15) is 6.04 Å². The second kappa shape index (κ2) is 7.29. The molecule has 6 amide bonds. The molecule has 1 aromatic rings. The predicted molar refractivity (Wildman–Crippen MR) is 105 cm³/mol. The molecule has 0 aromatic heterocycles. The Morgan fingerprint density at radius 3 is 2.26 bits per heavy atom. The SMILES string of the molecule is NC(=O)C1CCC(C(N)=O)(c2cccc3c2C(=O)N(C2CCC(=O)NC2=O)C3=O)CC1. The number of nitrogens with one attached hydrogen (secondary N) is 1. The van der Waals surface area contributed by atoms with E-state index in [9.17, 15) is 28.8 Å². The van der Waals surface area contributed by atoms with Gasteiger partial charge < -0.3 is 11.5 Å². The zero-order valence-corrected chi connectivity index (χ0v) is 16.7. The van der Waals surface area contributed by atoms with Crippen LogP contribution >= 0.6 is 0 Å². The molecule has 0 spiro atoms.